The number of esters is 1. The van der Waals surface area contributed by atoms with Crippen LogP contribution in [0, 0.1) is 18.3 Å². The number of nitrogens with zero attached hydrogens (tertiary/aromatic N) is 1. The first-order valence-electron chi connectivity index (χ1n) is 8.70. The highest BCUT2D eigenvalue weighted by Gasteiger charge is 2.23. The summed E-state index contributed by atoms with van der Waals surface area (Å²) in [4.78, 5) is 25.0. The molecule has 5 nitrogen and oxygen atoms in total. The number of carbonyl (C=O) groups excluding carboxylic acids is 2. The zero-order chi connectivity index (χ0) is 19.2. The van der Waals surface area contributed by atoms with Crippen LogP contribution in [0.1, 0.15) is 33.6 Å². The monoisotopic (exact) mass is 400 g/mol. The largest absolute Gasteiger partial charge is 0.455 e. The molecule has 27 heavy (non-hydrogen) atoms. The number of anilines is 1. The minimum absolute atomic E-state index is 0.192. The van der Waals surface area contributed by atoms with Crippen molar-refractivity contribution in [1.29, 1.82) is 5.26 Å². The van der Waals surface area contributed by atoms with Crippen molar-refractivity contribution in [2.75, 3.05) is 17.7 Å². The summed E-state index contributed by atoms with van der Waals surface area (Å²) in [7, 11) is 0. The second-order valence-corrected chi connectivity index (χ2v) is 8.45. The predicted molar refractivity (Wildman–Crippen MR) is 108 cm³/mol. The van der Waals surface area contributed by atoms with E-state index in [1.165, 1.54) is 33.5 Å². The zero-order valence-corrected chi connectivity index (χ0v) is 16.7. The maximum absolute atomic E-state index is 12.0. The lowest BCUT2D eigenvalue weighted by molar-refractivity contribution is -0.144. The fraction of sp³-hybridized carbons (Fsp3) is 0.350. The first kappa shape index (κ1) is 19.5. The highest BCUT2D eigenvalue weighted by atomic mass is 32.2. The smallest absolute Gasteiger partial charge is 0.316 e. The summed E-state index contributed by atoms with van der Waals surface area (Å²) in [5.41, 5.74) is 3.96. The summed E-state index contributed by atoms with van der Waals surface area (Å²) in [6.45, 7) is 1.69. The van der Waals surface area contributed by atoms with Gasteiger partial charge in [-0.25, -0.2) is 0 Å². The number of rotatable bonds is 7. The minimum atomic E-state index is -0.420. The van der Waals surface area contributed by atoms with Crippen molar-refractivity contribution in [2.24, 2.45) is 0 Å². The Balaban J connectivity index is 1.41. The molecule has 1 aliphatic carbocycles. The molecule has 0 saturated heterocycles. The molecular weight excluding hydrogens is 380 g/mol. The lowest BCUT2D eigenvalue weighted by Gasteiger charge is -2.06. The molecule has 0 radical (unpaired) electrons. The van der Waals surface area contributed by atoms with Crippen LogP contribution in [-0.2, 0) is 32.9 Å². The lowest BCUT2D eigenvalue weighted by atomic mass is 10.1. The maximum Gasteiger partial charge on any atom is 0.316 e. The van der Waals surface area contributed by atoms with E-state index < -0.39 is 11.9 Å². The van der Waals surface area contributed by atoms with Crippen molar-refractivity contribution in [3.05, 3.63) is 51.4 Å². The van der Waals surface area contributed by atoms with Crippen LogP contribution >= 0.6 is 23.1 Å². The molecular formula is C20H20N2O3S2. The fourth-order valence-corrected chi connectivity index (χ4v) is 4.93. The van der Waals surface area contributed by atoms with Gasteiger partial charge in [0.2, 0.25) is 0 Å². The molecule has 140 valence electrons. The summed E-state index contributed by atoms with van der Waals surface area (Å²) in [6.07, 6.45) is 2.90. The SMILES string of the molecule is Cc1ccc(CSCC(=O)OCC(=O)Nc2sc3c(c2C#N)CCC3)cc1. The van der Waals surface area contributed by atoms with Crippen molar-refractivity contribution >= 4 is 40.0 Å². The molecule has 3 rings (SSSR count). The topological polar surface area (TPSA) is 79.2 Å². The number of aryl methyl sites for hydroxylation is 2. The van der Waals surface area contributed by atoms with Crippen LogP contribution in [0.3, 0.4) is 0 Å². The number of ether oxygens (including phenoxy) is 1. The van der Waals surface area contributed by atoms with E-state index in [2.05, 4.69) is 11.4 Å². The predicted octanol–water partition coefficient (Wildman–Crippen LogP) is 3.83. The van der Waals surface area contributed by atoms with Gasteiger partial charge in [-0.3, -0.25) is 9.59 Å². The zero-order valence-electron chi connectivity index (χ0n) is 15.0. The summed E-state index contributed by atoms with van der Waals surface area (Å²) in [5.74, 6) is 0.0749. The molecule has 1 N–H and O–H groups in total. The van der Waals surface area contributed by atoms with Gasteiger partial charge in [0.1, 0.15) is 11.1 Å². The quantitative estimate of drug-likeness (QED) is 0.715. The van der Waals surface area contributed by atoms with Gasteiger partial charge in [0.05, 0.1) is 11.3 Å². The average Bonchev–Trinajstić information content (AvgIpc) is 3.22. The maximum atomic E-state index is 12.0. The molecule has 0 unspecified atom stereocenters. The fourth-order valence-electron chi connectivity index (χ4n) is 2.90. The summed E-state index contributed by atoms with van der Waals surface area (Å²) in [6, 6.07) is 10.3. The van der Waals surface area contributed by atoms with Gasteiger partial charge in [-0.05, 0) is 37.3 Å². The molecule has 0 saturated carbocycles. The van der Waals surface area contributed by atoms with Crippen LogP contribution in [0.5, 0.6) is 0 Å². The van der Waals surface area contributed by atoms with Crippen LogP contribution in [0.25, 0.3) is 0 Å². The first-order valence-corrected chi connectivity index (χ1v) is 10.7. The van der Waals surface area contributed by atoms with Crippen LogP contribution in [0.4, 0.5) is 5.00 Å². The van der Waals surface area contributed by atoms with E-state index in [4.69, 9.17) is 4.74 Å². The van der Waals surface area contributed by atoms with Gasteiger partial charge in [0, 0.05) is 10.6 Å². The van der Waals surface area contributed by atoms with Gasteiger partial charge < -0.3 is 10.1 Å². The molecule has 1 aromatic carbocycles. The van der Waals surface area contributed by atoms with Gasteiger partial charge in [0.15, 0.2) is 6.61 Å². The van der Waals surface area contributed by atoms with Gasteiger partial charge in [-0.2, -0.15) is 5.26 Å². The number of thioether (sulfide) groups is 1. The number of nitrogens with one attached hydrogen (secondary N) is 1. The third-order valence-corrected chi connectivity index (χ3v) is 6.44. The van der Waals surface area contributed by atoms with Crippen molar-refractivity contribution in [1.82, 2.24) is 0 Å². The van der Waals surface area contributed by atoms with Crippen LogP contribution in [0.15, 0.2) is 24.3 Å². The number of thiophene rings is 1. The molecule has 7 heteroatoms. The standard InChI is InChI=1S/C20H20N2O3S2/c1-13-5-7-14(8-6-13)11-26-12-19(24)25-10-18(23)22-20-16(9-21)15-3-2-4-17(15)27-20/h5-8H,2-4,10-12H2,1H3,(H,22,23). The van der Waals surface area contributed by atoms with Gasteiger partial charge in [-0.15, -0.1) is 23.1 Å². The van der Waals surface area contributed by atoms with Crippen molar-refractivity contribution in [3.63, 3.8) is 0 Å². The molecule has 0 fully saturated rings. The normalized spacial score (nSPS) is 12.3. The summed E-state index contributed by atoms with van der Waals surface area (Å²) >= 11 is 2.90. The number of fused-ring (bicyclic) bond motifs is 1. The Hall–Kier alpha value is -2.30. The number of carbonyl (C=O) groups is 2. The molecule has 1 aromatic heterocycles. The Morgan fingerprint density at radius 1 is 1.30 bits per heavy atom. The third-order valence-electron chi connectivity index (χ3n) is 4.26. The lowest BCUT2D eigenvalue weighted by Crippen LogP contribution is -2.21. The van der Waals surface area contributed by atoms with E-state index in [1.807, 2.05) is 31.2 Å². The molecule has 2 aromatic rings. The van der Waals surface area contributed by atoms with Gasteiger partial charge >= 0.3 is 5.97 Å². The van der Waals surface area contributed by atoms with Gasteiger partial charge in [0.25, 0.3) is 5.91 Å². The molecule has 1 aliphatic rings. The minimum Gasteiger partial charge on any atom is -0.455 e. The second kappa shape index (κ2) is 9.07. The van der Waals surface area contributed by atoms with Crippen molar-refractivity contribution in [2.45, 2.75) is 31.9 Å². The molecule has 1 amide bonds. The molecule has 1 heterocycles. The van der Waals surface area contributed by atoms with Crippen molar-refractivity contribution < 1.29 is 14.3 Å². The summed E-state index contributed by atoms with van der Waals surface area (Å²) in [5, 5.41) is 12.6. The number of nitriles is 1. The molecule has 0 spiro atoms. The van der Waals surface area contributed by atoms with E-state index in [0.29, 0.717) is 16.3 Å². The van der Waals surface area contributed by atoms with E-state index >= 15 is 0 Å². The Morgan fingerprint density at radius 3 is 2.81 bits per heavy atom. The highest BCUT2D eigenvalue weighted by Crippen LogP contribution is 2.38. The highest BCUT2D eigenvalue weighted by molar-refractivity contribution is 7.99. The number of amides is 1. The summed E-state index contributed by atoms with van der Waals surface area (Å²) < 4.78 is 5.03. The average molecular weight is 401 g/mol. The van der Waals surface area contributed by atoms with Gasteiger partial charge in [-0.1, -0.05) is 29.8 Å². The Morgan fingerprint density at radius 2 is 2.07 bits per heavy atom. The van der Waals surface area contributed by atoms with Crippen LogP contribution < -0.4 is 5.32 Å². The first-order chi connectivity index (χ1) is 13.1. The Kier molecular flexibility index (Phi) is 6.54. The van der Waals surface area contributed by atoms with E-state index in [1.54, 1.807) is 0 Å². The molecule has 0 atom stereocenters. The van der Waals surface area contributed by atoms with E-state index in [0.717, 1.165) is 30.4 Å². The van der Waals surface area contributed by atoms with Crippen LogP contribution in [-0.4, -0.2) is 24.2 Å². The second-order valence-electron chi connectivity index (χ2n) is 6.36. The van der Waals surface area contributed by atoms with E-state index in [9.17, 15) is 14.9 Å². The third kappa shape index (κ3) is 5.12. The molecule has 0 aliphatic heterocycles. The molecule has 0 bridgehead atoms. The van der Waals surface area contributed by atoms with Crippen LogP contribution in [0.2, 0.25) is 0 Å². The number of hydrogen-bond acceptors (Lipinski definition) is 6. The Bertz CT molecular complexity index is 882. The Labute approximate surface area is 166 Å². The number of benzene rings is 1. The van der Waals surface area contributed by atoms with Crippen molar-refractivity contribution in [3.8, 4) is 6.07 Å². The van der Waals surface area contributed by atoms with E-state index in [-0.39, 0.29) is 12.4 Å². The number of hydrogen-bond donors (Lipinski definition) is 1.